The minimum absolute atomic E-state index is 0.471. The lowest BCUT2D eigenvalue weighted by Crippen LogP contribution is -2.18. The zero-order valence-electron chi connectivity index (χ0n) is 11.9. The van der Waals surface area contributed by atoms with Crippen molar-refractivity contribution in [2.75, 3.05) is 17.7 Å². The first-order chi connectivity index (χ1) is 9.76. The van der Waals surface area contributed by atoms with Gasteiger partial charge in [0.1, 0.15) is 11.6 Å². The van der Waals surface area contributed by atoms with Crippen molar-refractivity contribution in [3.8, 4) is 11.4 Å². The molecule has 2 aromatic rings. The molecule has 1 heterocycles. The van der Waals surface area contributed by atoms with Gasteiger partial charge in [0.05, 0.1) is 0 Å². The van der Waals surface area contributed by atoms with Crippen LogP contribution in [0.1, 0.15) is 19.8 Å². The van der Waals surface area contributed by atoms with E-state index in [1.807, 2.05) is 43.4 Å². The highest BCUT2D eigenvalue weighted by molar-refractivity contribution is 5.61. The van der Waals surface area contributed by atoms with Gasteiger partial charge in [-0.05, 0) is 25.7 Å². The molecule has 1 unspecified atom stereocenters. The molecule has 1 aliphatic carbocycles. The van der Waals surface area contributed by atoms with Crippen molar-refractivity contribution in [3.05, 3.63) is 36.4 Å². The van der Waals surface area contributed by atoms with Crippen LogP contribution in [0, 0.1) is 5.92 Å². The minimum Gasteiger partial charge on any atom is -0.373 e. The molecular formula is C16H20N4. The summed E-state index contributed by atoms with van der Waals surface area (Å²) < 4.78 is 0. The number of nitrogens with zero attached hydrogens (tertiary/aromatic N) is 2. The van der Waals surface area contributed by atoms with Crippen molar-refractivity contribution in [3.63, 3.8) is 0 Å². The molecule has 20 heavy (non-hydrogen) atoms. The lowest BCUT2D eigenvalue weighted by Gasteiger charge is -2.15. The monoisotopic (exact) mass is 268 g/mol. The molecular weight excluding hydrogens is 248 g/mol. The second-order valence-corrected chi connectivity index (χ2v) is 5.35. The normalized spacial score (nSPS) is 15.7. The molecule has 104 valence electrons. The molecule has 4 heteroatoms. The number of nitrogens with one attached hydrogen (secondary N) is 2. The van der Waals surface area contributed by atoms with Crippen LogP contribution in [0.3, 0.4) is 0 Å². The van der Waals surface area contributed by atoms with E-state index in [4.69, 9.17) is 0 Å². The van der Waals surface area contributed by atoms with Crippen LogP contribution in [-0.2, 0) is 0 Å². The minimum atomic E-state index is 0.471. The first-order valence-electron chi connectivity index (χ1n) is 7.15. The van der Waals surface area contributed by atoms with Crippen LogP contribution >= 0.6 is 0 Å². The molecule has 1 atom stereocenters. The van der Waals surface area contributed by atoms with Crippen LogP contribution in [0.4, 0.5) is 11.6 Å². The maximum absolute atomic E-state index is 4.64. The number of hydrogen-bond acceptors (Lipinski definition) is 4. The van der Waals surface area contributed by atoms with E-state index in [0.717, 1.165) is 28.9 Å². The summed E-state index contributed by atoms with van der Waals surface area (Å²) in [6.07, 6.45) is 2.65. The summed E-state index contributed by atoms with van der Waals surface area (Å²) in [5, 5.41) is 6.60. The van der Waals surface area contributed by atoms with Crippen molar-refractivity contribution in [2.45, 2.75) is 25.8 Å². The lowest BCUT2D eigenvalue weighted by atomic mass is 10.2. The summed E-state index contributed by atoms with van der Waals surface area (Å²) in [6.45, 7) is 2.22. The van der Waals surface area contributed by atoms with Crippen molar-refractivity contribution in [1.82, 2.24) is 9.97 Å². The van der Waals surface area contributed by atoms with Gasteiger partial charge in [-0.15, -0.1) is 0 Å². The fourth-order valence-electron chi connectivity index (χ4n) is 2.31. The molecule has 4 nitrogen and oxygen atoms in total. The maximum Gasteiger partial charge on any atom is 0.163 e. The van der Waals surface area contributed by atoms with Crippen molar-refractivity contribution >= 4 is 11.6 Å². The summed E-state index contributed by atoms with van der Waals surface area (Å²) >= 11 is 0. The molecule has 2 N–H and O–H groups in total. The largest absolute Gasteiger partial charge is 0.373 e. The summed E-state index contributed by atoms with van der Waals surface area (Å²) in [4.78, 5) is 9.17. The smallest absolute Gasteiger partial charge is 0.163 e. The average molecular weight is 268 g/mol. The van der Waals surface area contributed by atoms with Crippen LogP contribution in [0.5, 0.6) is 0 Å². The van der Waals surface area contributed by atoms with Crippen molar-refractivity contribution in [1.29, 1.82) is 0 Å². The third-order valence-electron chi connectivity index (χ3n) is 3.72. The predicted molar refractivity (Wildman–Crippen MR) is 82.8 cm³/mol. The van der Waals surface area contributed by atoms with Gasteiger partial charge in [0.2, 0.25) is 0 Å². The topological polar surface area (TPSA) is 49.8 Å². The molecule has 3 rings (SSSR count). The standard InChI is InChI=1S/C16H20N4/c1-11(12-8-9-12)18-15-10-14(17-2)19-16(20-15)13-6-4-3-5-7-13/h3-7,10-12H,8-9H2,1-2H3,(H2,17,18,19,20). The van der Waals surface area contributed by atoms with Crippen molar-refractivity contribution < 1.29 is 0 Å². The van der Waals surface area contributed by atoms with Crippen LogP contribution in [0.15, 0.2) is 36.4 Å². The second-order valence-electron chi connectivity index (χ2n) is 5.35. The third kappa shape index (κ3) is 2.90. The summed E-state index contributed by atoms with van der Waals surface area (Å²) in [5.41, 5.74) is 1.03. The van der Waals surface area contributed by atoms with E-state index in [-0.39, 0.29) is 0 Å². The fourth-order valence-corrected chi connectivity index (χ4v) is 2.31. The van der Waals surface area contributed by atoms with E-state index < -0.39 is 0 Å². The Morgan fingerprint density at radius 2 is 1.80 bits per heavy atom. The quantitative estimate of drug-likeness (QED) is 0.872. The van der Waals surface area contributed by atoms with Gasteiger partial charge >= 0.3 is 0 Å². The van der Waals surface area contributed by atoms with Crippen LogP contribution in [-0.4, -0.2) is 23.1 Å². The first-order valence-corrected chi connectivity index (χ1v) is 7.15. The molecule has 0 saturated heterocycles. The van der Waals surface area contributed by atoms with Gasteiger partial charge in [0.25, 0.3) is 0 Å². The molecule has 0 amide bonds. The Kier molecular flexibility index (Phi) is 3.54. The third-order valence-corrected chi connectivity index (χ3v) is 3.72. The Hall–Kier alpha value is -2.10. The van der Waals surface area contributed by atoms with E-state index in [1.54, 1.807) is 0 Å². The summed E-state index contributed by atoms with van der Waals surface area (Å²) in [5.74, 6) is 3.28. The van der Waals surface area contributed by atoms with Gasteiger partial charge in [0, 0.05) is 24.7 Å². The number of hydrogen-bond donors (Lipinski definition) is 2. The van der Waals surface area contributed by atoms with Crippen LogP contribution in [0.2, 0.25) is 0 Å². The molecule has 1 saturated carbocycles. The molecule has 1 aromatic carbocycles. The average Bonchev–Trinajstić information content (AvgIpc) is 3.32. The van der Waals surface area contributed by atoms with Crippen molar-refractivity contribution in [2.24, 2.45) is 5.92 Å². The van der Waals surface area contributed by atoms with Gasteiger partial charge in [-0.3, -0.25) is 0 Å². The summed E-state index contributed by atoms with van der Waals surface area (Å²) in [6, 6.07) is 12.5. The fraction of sp³-hybridized carbons (Fsp3) is 0.375. The molecule has 0 bridgehead atoms. The number of rotatable bonds is 5. The highest BCUT2D eigenvalue weighted by Gasteiger charge is 2.28. The Morgan fingerprint density at radius 1 is 1.10 bits per heavy atom. The highest BCUT2D eigenvalue weighted by Crippen LogP contribution is 2.34. The molecule has 1 aliphatic rings. The molecule has 1 aromatic heterocycles. The molecule has 0 spiro atoms. The second kappa shape index (κ2) is 5.49. The molecule has 1 fully saturated rings. The zero-order valence-corrected chi connectivity index (χ0v) is 11.9. The van der Waals surface area contributed by atoms with Crippen LogP contribution < -0.4 is 10.6 Å². The highest BCUT2D eigenvalue weighted by atomic mass is 15.1. The predicted octanol–water partition coefficient (Wildman–Crippen LogP) is 3.40. The van der Waals surface area contributed by atoms with Gasteiger partial charge in [-0.1, -0.05) is 30.3 Å². The van der Waals surface area contributed by atoms with E-state index in [0.29, 0.717) is 6.04 Å². The van der Waals surface area contributed by atoms with E-state index in [9.17, 15) is 0 Å². The van der Waals surface area contributed by atoms with Crippen LogP contribution in [0.25, 0.3) is 11.4 Å². The lowest BCUT2D eigenvalue weighted by molar-refractivity contribution is 0.690. The zero-order chi connectivity index (χ0) is 13.9. The van der Waals surface area contributed by atoms with Gasteiger partial charge in [0.15, 0.2) is 5.82 Å². The Balaban J connectivity index is 1.90. The molecule has 0 aliphatic heterocycles. The number of benzene rings is 1. The van der Waals surface area contributed by atoms with Gasteiger partial charge in [-0.2, -0.15) is 0 Å². The Morgan fingerprint density at radius 3 is 2.45 bits per heavy atom. The number of anilines is 2. The van der Waals surface area contributed by atoms with E-state index in [2.05, 4.69) is 27.5 Å². The Bertz CT molecular complexity index is 578. The Labute approximate surface area is 119 Å². The SMILES string of the molecule is CNc1cc(NC(C)C2CC2)nc(-c2ccccc2)n1. The number of aromatic nitrogens is 2. The van der Waals surface area contributed by atoms with Gasteiger partial charge in [-0.25, -0.2) is 9.97 Å². The summed E-state index contributed by atoms with van der Waals surface area (Å²) in [7, 11) is 1.88. The van der Waals surface area contributed by atoms with E-state index >= 15 is 0 Å². The maximum atomic E-state index is 4.64. The first kappa shape index (κ1) is 12.9. The van der Waals surface area contributed by atoms with Gasteiger partial charge < -0.3 is 10.6 Å². The molecule has 0 radical (unpaired) electrons. The van der Waals surface area contributed by atoms with E-state index in [1.165, 1.54) is 12.8 Å².